The van der Waals surface area contributed by atoms with Gasteiger partial charge in [0.15, 0.2) is 0 Å². The molecule has 0 radical (unpaired) electrons. The van der Waals surface area contributed by atoms with Crippen LogP contribution in [0.1, 0.15) is 38.3 Å². The van der Waals surface area contributed by atoms with Gasteiger partial charge in [-0.15, -0.1) is 0 Å². The number of rotatable bonds is 2. The predicted octanol–water partition coefficient (Wildman–Crippen LogP) is 3.06. The standard InChI is InChI=1S/C19H28N2O3/c1-19(2,3)24-18(22)21-11-9-16-14(12-21)6-5-7-17(16)23-15-8-10-20(4)13-15/h5-7,15H,8-13H2,1-4H3/t15-/m0/s1. The van der Waals surface area contributed by atoms with E-state index in [9.17, 15) is 4.79 Å². The number of benzene rings is 1. The van der Waals surface area contributed by atoms with Crippen LogP contribution in [-0.2, 0) is 17.7 Å². The SMILES string of the molecule is CN1CC[C@H](Oc2cccc3c2CCN(C(=O)OC(C)(C)C)C3)C1. The first-order valence-corrected chi connectivity index (χ1v) is 8.76. The number of amides is 1. The molecule has 2 aliphatic heterocycles. The molecule has 0 bridgehead atoms. The lowest BCUT2D eigenvalue weighted by atomic mass is 9.99. The minimum Gasteiger partial charge on any atom is -0.489 e. The largest absolute Gasteiger partial charge is 0.489 e. The van der Waals surface area contributed by atoms with E-state index in [1.807, 2.05) is 26.8 Å². The summed E-state index contributed by atoms with van der Waals surface area (Å²) < 4.78 is 11.7. The smallest absolute Gasteiger partial charge is 0.410 e. The zero-order valence-electron chi connectivity index (χ0n) is 15.2. The molecule has 5 heteroatoms. The molecule has 5 nitrogen and oxygen atoms in total. The lowest BCUT2D eigenvalue weighted by Crippen LogP contribution is -2.40. The third-order valence-electron chi connectivity index (χ3n) is 4.52. The highest BCUT2D eigenvalue weighted by Crippen LogP contribution is 2.30. The summed E-state index contributed by atoms with van der Waals surface area (Å²) in [6, 6.07) is 6.16. The average Bonchev–Trinajstić information content (AvgIpc) is 2.90. The van der Waals surface area contributed by atoms with E-state index >= 15 is 0 Å². The van der Waals surface area contributed by atoms with Gasteiger partial charge in [-0.25, -0.2) is 4.79 Å². The maximum Gasteiger partial charge on any atom is 0.410 e. The van der Waals surface area contributed by atoms with Gasteiger partial charge in [-0.3, -0.25) is 0 Å². The van der Waals surface area contributed by atoms with Gasteiger partial charge < -0.3 is 19.3 Å². The number of likely N-dealkylation sites (tertiary alicyclic amines) is 1. The van der Waals surface area contributed by atoms with Crippen molar-refractivity contribution in [2.75, 3.05) is 26.7 Å². The van der Waals surface area contributed by atoms with Crippen LogP contribution in [0.5, 0.6) is 5.75 Å². The van der Waals surface area contributed by atoms with E-state index in [4.69, 9.17) is 9.47 Å². The minimum absolute atomic E-state index is 0.239. The summed E-state index contributed by atoms with van der Waals surface area (Å²) in [7, 11) is 2.13. The fourth-order valence-electron chi connectivity index (χ4n) is 3.34. The Balaban J connectivity index is 1.69. The molecule has 1 aromatic rings. The van der Waals surface area contributed by atoms with Crippen LogP contribution < -0.4 is 4.74 Å². The normalized spacial score (nSPS) is 21.5. The van der Waals surface area contributed by atoms with Crippen LogP contribution in [0.2, 0.25) is 0 Å². The number of hydrogen-bond donors (Lipinski definition) is 0. The Kier molecular flexibility index (Phi) is 4.72. The quantitative estimate of drug-likeness (QED) is 0.835. The molecule has 0 aromatic heterocycles. The molecule has 2 aliphatic rings. The van der Waals surface area contributed by atoms with Crippen LogP contribution in [0.4, 0.5) is 4.79 Å². The van der Waals surface area contributed by atoms with Crippen LogP contribution >= 0.6 is 0 Å². The van der Waals surface area contributed by atoms with Crippen molar-refractivity contribution in [2.45, 2.75) is 51.9 Å². The van der Waals surface area contributed by atoms with Crippen molar-refractivity contribution in [3.05, 3.63) is 29.3 Å². The molecule has 0 spiro atoms. The number of likely N-dealkylation sites (N-methyl/N-ethyl adjacent to an activating group) is 1. The van der Waals surface area contributed by atoms with E-state index in [1.54, 1.807) is 4.90 Å². The highest BCUT2D eigenvalue weighted by atomic mass is 16.6. The zero-order valence-corrected chi connectivity index (χ0v) is 15.2. The Bertz CT molecular complexity index is 609. The Morgan fingerprint density at radius 1 is 1.25 bits per heavy atom. The van der Waals surface area contributed by atoms with Gasteiger partial charge in [0.25, 0.3) is 0 Å². The van der Waals surface area contributed by atoms with Crippen LogP contribution in [0.3, 0.4) is 0 Å². The molecule has 0 unspecified atom stereocenters. The van der Waals surface area contributed by atoms with Crippen LogP contribution in [0.25, 0.3) is 0 Å². The third-order valence-corrected chi connectivity index (χ3v) is 4.52. The van der Waals surface area contributed by atoms with Gasteiger partial charge in [0.2, 0.25) is 0 Å². The second-order valence-corrected chi connectivity index (χ2v) is 7.84. The first-order valence-electron chi connectivity index (χ1n) is 8.76. The Morgan fingerprint density at radius 2 is 2.04 bits per heavy atom. The van der Waals surface area contributed by atoms with E-state index in [-0.39, 0.29) is 12.2 Å². The summed E-state index contributed by atoms with van der Waals surface area (Å²) in [5.74, 6) is 0.983. The van der Waals surface area contributed by atoms with Crippen molar-refractivity contribution >= 4 is 6.09 Å². The fourth-order valence-corrected chi connectivity index (χ4v) is 3.34. The van der Waals surface area contributed by atoms with Gasteiger partial charge in [0, 0.05) is 31.7 Å². The molecule has 1 fully saturated rings. The van der Waals surface area contributed by atoms with E-state index in [0.717, 1.165) is 37.2 Å². The zero-order chi connectivity index (χ0) is 17.3. The number of carbonyl (C=O) groups is 1. The summed E-state index contributed by atoms with van der Waals surface area (Å²) in [6.45, 7) is 9.02. The maximum absolute atomic E-state index is 12.3. The number of fused-ring (bicyclic) bond motifs is 1. The summed E-state index contributed by atoms with van der Waals surface area (Å²) in [5.41, 5.74) is 1.94. The second-order valence-electron chi connectivity index (χ2n) is 7.84. The molecule has 0 aliphatic carbocycles. The summed E-state index contributed by atoms with van der Waals surface area (Å²) in [5, 5.41) is 0. The first kappa shape index (κ1) is 17.1. The average molecular weight is 332 g/mol. The predicted molar refractivity (Wildman–Crippen MR) is 93.3 cm³/mol. The van der Waals surface area contributed by atoms with Gasteiger partial charge in [0.1, 0.15) is 17.5 Å². The van der Waals surface area contributed by atoms with Crippen LogP contribution in [0.15, 0.2) is 18.2 Å². The van der Waals surface area contributed by atoms with E-state index < -0.39 is 5.60 Å². The van der Waals surface area contributed by atoms with Gasteiger partial charge in [-0.2, -0.15) is 0 Å². The Morgan fingerprint density at radius 3 is 2.71 bits per heavy atom. The highest BCUT2D eigenvalue weighted by molar-refractivity contribution is 5.69. The second kappa shape index (κ2) is 6.63. The molecular formula is C19H28N2O3. The molecule has 1 aromatic carbocycles. The van der Waals surface area contributed by atoms with Crippen LogP contribution in [-0.4, -0.2) is 54.3 Å². The maximum atomic E-state index is 12.3. The minimum atomic E-state index is -0.461. The Hall–Kier alpha value is -1.75. The summed E-state index contributed by atoms with van der Waals surface area (Å²) in [4.78, 5) is 16.4. The summed E-state index contributed by atoms with van der Waals surface area (Å²) in [6.07, 6.45) is 1.92. The van der Waals surface area contributed by atoms with Crippen molar-refractivity contribution in [3.63, 3.8) is 0 Å². The summed E-state index contributed by atoms with van der Waals surface area (Å²) >= 11 is 0. The fraction of sp³-hybridized carbons (Fsp3) is 0.632. The van der Waals surface area contributed by atoms with Crippen molar-refractivity contribution in [1.82, 2.24) is 9.80 Å². The number of carbonyl (C=O) groups excluding carboxylic acids is 1. The molecule has 1 saturated heterocycles. The third kappa shape index (κ3) is 4.01. The molecule has 0 saturated carbocycles. The van der Waals surface area contributed by atoms with Gasteiger partial charge >= 0.3 is 6.09 Å². The number of nitrogens with zero attached hydrogens (tertiary/aromatic N) is 2. The molecule has 1 atom stereocenters. The molecular weight excluding hydrogens is 304 g/mol. The van der Waals surface area contributed by atoms with Gasteiger partial charge in [0.05, 0.1) is 0 Å². The molecule has 132 valence electrons. The lowest BCUT2D eigenvalue weighted by Gasteiger charge is -2.32. The topological polar surface area (TPSA) is 42.0 Å². The lowest BCUT2D eigenvalue weighted by molar-refractivity contribution is 0.0222. The molecule has 2 heterocycles. The van der Waals surface area contributed by atoms with E-state index in [1.165, 1.54) is 5.56 Å². The monoisotopic (exact) mass is 332 g/mol. The highest BCUT2D eigenvalue weighted by Gasteiger charge is 2.28. The van der Waals surface area contributed by atoms with Crippen molar-refractivity contribution in [3.8, 4) is 5.75 Å². The van der Waals surface area contributed by atoms with Crippen LogP contribution in [0, 0.1) is 0 Å². The molecule has 24 heavy (non-hydrogen) atoms. The van der Waals surface area contributed by atoms with E-state index in [2.05, 4.69) is 24.1 Å². The van der Waals surface area contributed by atoms with Crippen molar-refractivity contribution in [1.29, 1.82) is 0 Å². The first-order chi connectivity index (χ1) is 11.3. The number of ether oxygens (including phenoxy) is 2. The number of hydrogen-bond acceptors (Lipinski definition) is 4. The van der Waals surface area contributed by atoms with Crippen molar-refractivity contribution in [2.24, 2.45) is 0 Å². The van der Waals surface area contributed by atoms with Crippen molar-refractivity contribution < 1.29 is 14.3 Å². The molecule has 0 N–H and O–H groups in total. The van der Waals surface area contributed by atoms with Gasteiger partial charge in [-0.1, -0.05) is 12.1 Å². The molecule has 3 rings (SSSR count). The molecule has 1 amide bonds. The van der Waals surface area contributed by atoms with E-state index in [0.29, 0.717) is 13.1 Å². The van der Waals surface area contributed by atoms with Gasteiger partial charge in [-0.05, 0) is 52.3 Å². The Labute approximate surface area is 144 Å².